The molecule has 0 saturated carbocycles. The van der Waals surface area contributed by atoms with Gasteiger partial charge in [0.25, 0.3) is 0 Å². The molecular weight excluding hydrogens is 529 g/mol. The number of likely N-dealkylation sites (tertiary alicyclic amines) is 1. The summed E-state index contributed by atoms with van der Waals surface area (Å²) in [5.74, 6) is 1.47. The summed E-state index contributed by atoms with van der Waals surface area (Å²) in [6.45, 7) is 8.97. The van der Waals surface area contributed by atoms with Crippen molar-refractivity contribution in [3.63, 3.8) is 0 Å². The highest BCUT2D eigenvalue weighted by Crippen LogP contribution is 2.20. The Hall–Kier alpha value is -1.91. The largest absolute Gasteiger partial charge is 0.475 e. The van der Waals surface area contributed by atoms with Gasteiger partial charge in [-0.25, -0.2) is 9.98 Å². The molecule has 7 nitrogen and oxygen atoms in total. The van der Waals surface area contributed by atoms with Crippen molar-refractivity contribution in [2.75, 3.05) is 33.4 Å². The van der Waals surface area contributed by atoms with E-state index in [-0.39, 0.29) is 24.0 Å². The molecule has 1 aromatic heterocycles. The molecule has 8 heteroatoms. The van der Waals surface area contributed by atoms with E-state index in [0.29, 0.717) is 37.7 Å². The van der Waals surface area contributed by atoms with Crippen molar-refractivity contribution in [1.82, 2.24) is 20.5 Å². The number of halogens is 1. The van der Waals surface area contributed by atoms with Crippen LogP contribution in [0.4, 0.5) is 0 Å². The molecule has 0 aliphatic carbocycles. The van der Waals surface area contributed by atoms with Gasteiger partial charge >= 0.3 is 0 Å². The number of guanidine groups is 1. The van der Waals surface area contributed by atoms with Crippen LogP contribution in [0.15, 0.2) is 53.7 Å². The van der Waals surface area contributed by atoms with E-state index in [4.69, 9.17) is 14.5 Å². The van der Waals surface area contributed by atoms with Crippen LogP contribution in [0.3, 0.4) is 0 Å². The molecule has 1 aliphatic heterocycles. The van der Waals surface area contributed by atoms with E-state index in [9.17, 15) is 0 Å². The van der Waals surface area contributed by atoms with Gasteiger partial charge in [0.05, 0.1) is 13.2 Å². The van der Waals surface area contributed by atoms with Crippen LogP contribution < -0.4 is 15.4 Å². The lowest BCUT2D eigenvalue weighted by atomic mass is 9.97. The summed E-state index contributed by atoms with van der Waals surface area (Å²) in [4.78, 5) is 11.7. The number of aromatic nitrogens is 1. The maximum absolute atomic E-state index is 5.52. The van der Waals surface area contributed by atoms with Crippen LogP contribution in [-0.4, -0.2) is 61.3 Å². The number of pyridine rings is 1. The first-order chi connectivity index (χ1) is 15.7. The monoisotopic (exact) mass is 567 g/mol. The Morgan fingerprint density at radius 3 is 2.64 bits per heavy atom. The Morgan fingerprint density at radius 1 is 1.15 bits per heavy atom. The topological polar surface area (TPSA) is 71.0 Å². The van der Waals surface area contributed by atoms with Gasteiger partial charge < -0.3 is 20.1 Å². The lowest BCUT2D eigenvalue weighted by molar-refractivity contribution is 0.134. The van der Waals surface area contributed by atoms with Gasteiger partial charge in [-0.2, -0.15) is 0 Å². The minimum absolute atomic E-state index is 0. The summed E-state index contributed by atoms with van der Waals surface area (Å²) >= 11 is 0. The molecule has 2 N–H and O–H groups in total. The van der Waals surface area contributed by atoms with Gasteiger partial charge in [0.15, 0.2) is 5.96 Å². The number of hydrogen-bond donors (Lipinski definition) is 2. The Bertz CT molecular complexity index is 819. The number of nitrogens with one attached hydrogen (secondary N) is 2. The average molecular weight is 568 g/mol. The fourth-order valence-electron chi connectivity index (χ4n) is 3.91. The normalized spacial score (nSPS) is 18.9. The zero-order valence-corrected chi connectivity index (χ0v) is 22.3. The number of methoxy groups -OCH3 is 1. The van der Waals surface area contributed by atoms with Crippen LogP contribution in [0, 0.1) is 0 Å². The summed E-state index contributed by atoms with van der Waals surface area (Å²) in [6.07, 6.45) is 4.03. The van der Waals surface area contributed by atoms with Crippen molar-refractivity contribution in [2.45, 2.75) is 51.9 Å². The van der Waals surface area contributed by atoms with Crippen molar-refractivity contribution in [2.24, 2.45) is 4.99 Å². The second-order valence-electron chi connectivity index (χ2n) is 8.21. The lowest BCUT2D eigenvalue weighted by Gasteiger charge is -2.38. The number of nitrogens with zero attached hydrogens (tertiary/aromatic N) is 3. The number of piperidine rings is 1. The third-order valence-corrected chi connectivity index (χ3v) is 5.68. The number of aliphatic imine (C=N–C) groups is 1. The van der Waals surface area contributed by atoms with Gasteiger partial charge in [0.2, 0.25) is 5.88 Å². The summed E-state index contributed by atoms with van der Waals surface area (Å²) < 4.78 is 10.5. The Balaban J connectivity index is 0.00000385. The minimum atomic E-state index is 0. The van der Waals surface area contributed by atoms with E-state index < -0.39 is 0 Å². The van der Waals surface area contributed by atoms with E-state index in [1.807, 2.05) is 18.3 Å². The van der Waals surface area contributed by atoms with Crippen molar-refractivity contribution in [3.8, 4) is 5.88 Å². The Kier molecular flexibility index (Phi) is 12.5. The maximum Gasteiger partial charge on any atom is 0.213 e. The number of ether oxygens (including phenoxy) is 2. The molecule has 2 aromatic rings. The molecule has 1 fully saturated rings. The molecular formula is C25H38IN5O2. The quantitative estimate of drug-likeness (QED) is 0.197. The first-order valence-electron chi connectivity index (χ1n) is 11.6. The van der Waals surface area contributed by atoms with Gasteiger partial charge in [-0.05, 0) is 37.8 Å². The molecule has 0 radical (unpaired) electrons. The first kappa shape index (κ1) is 27.3. The zero-order chi connectivity index (χ0) is 22.6. The predicted octanol–water partition coefficient (Wildman–Crippen LogP) is 3.83. The van der Waals surface area contributed by atoms with Crippen LogP contribution in [0.2, 0.25) is 0 Å². The standard InChI is InChI=1S/C25H37N5O2.HI/c1-4-26-25(28-18-22-10-11-24(27-17-22)32-15-14-31-3)29-23-12-13-30(20(2)16-23)19-21-8-6-5-7-9-21;/h5-11,17,20,23H,4,12-16,18-19H2,1-3H3,(H2,26,28,29);1H. The molecule has 2 atom stereocenters. The average Bonchev–Trinajstić information content (AvgIpc) is 2.81. The molecule has 0 spiro atoms. The second-order valence-corrected chi connectivity index (χ2v) is 8.21. The summed E-state index contributed by atoms with van der Waals surface area (Å²) in [7, 11) is 1.66. The van der Waals surface area contributed by atoms with Crippen LogP contribution in [0.25, 0.3) is 0 Å². The molecule has 1 aliphatic rings. The van der Waals surface area contributed by atoms with Gasteiger partial charge in [-0.15, -0.1) is 24.0 Å². The van der Waals surface area contributed by atoms with E-state index in [1.165, 1.54) is 5.56 Å². The molecule has 3 rings (SSSR count). The summed E-state index contributed by atoms with van der Waals surface area (Å²) in [5, 5.41) is 7.02. The third-order valence-electron chi connectivity index (χ3n) is 5.68. The molecule has 2 heterocycles. The molecule has 0 amide bonds. The van der Waals surface area contributed by atoms with Crippen LogP contribution in [0.1, 0.15) is 37.8 Å². The highest BCUT2D eigenvalue weighted by atomic mass is 127. The lowest BCUT2D eigenvalue weighted by Crippen LogP contribution is -2.51. The SMILES string of the molecule is CCNC(=NCc1ccc(OCCOC)nc1)NC1CCN(Cc2ccccc2)C(C)C1.I. The van der Waals surface area contributed by atoms with E-state index in [1.54, 1.807) is 7.11 Å². The third kappa shape index (κ3) is 9.46. The Labute approximate surface area is 215 Å². The predicted molar refractivity (Wildman–Crippen MR) is 144 cm³/mol. The molecule has 1 saturated heterocycles. The fraction of sp³-hybridized carbons (Fsp3) is 0.520. The van der Waals surface area contributed by atoms with E-state index in [0.717, 1.165) is 44.0 Å². The van der Waals surface area contributed by atoms with Crippen molar-refractivity contribution in [1.29, 1.82) is 0 Å². The van der Waals surface area contributed by atoms with Crippen LogP contribution >= 0.6 is 24.0 Å². The maximum atomic E-state index is 5.52. The van der Waals surface area contributed by atoms with Crippen molar-refractivity contribution < 1.29 is 9.47 Å². The molecule has 182 valence electrons. The van der Waals surface area contributed by atoms with Crippen molar-refractivity contribution >= 4 is 29.9 Å². The van der Waals surface area contributed by atoms with E-state index in [2.05, 4.69) is 64.7 Å². The van der Waals surface area contributed by atoms with Gasteiger partial charge in [-0.1, -0.05) is 36.4 Å². The molecule has 0 bridgehead atoms. The number of benzene rings is 1. The molecule has 33 heavy (non-hydrogen) atoms. The Morgan fingerprint density at radius 2 is 1.97 bits per heavy atom. The highest BCUT2D eigenvalue weighted by Gasteiger charge is 2.25. The smallest absolute Gasteiger partial charge is 0.213 e. The number of rotatable bonds is 10. The van der Waals surface area contributed by atoms with Crippen LogP contribution in [0.5, 0.6) is 5.88 Å². The van der Waals surface area contributed by atoms with Crippen molar-refractivity contribution in [3.05, 3.63) is 59.8 Å². The molecule has 1 aromatic carbocycles. The van der Waals surface area contributed by atoms with Gasteiger partial charge in [-0.3, -0.25) is 4.90 Å². The van der Waals surface area contributed by atoms with Gasteiger partial charge in [0.1, 0.15) is 6.61 Å². The summed E-state index contributed by atoms with van der Waals surface area (Å²) in [5.41, 5.74) is 2.43. The number of hydrogen-bond acceptors (Lipinski definition) is 5. The second kappa shape index (κ2) is 15.1. The first-order valence-corrected chi connectivity index (χ1v) is 11.6. The van der Waals surface area contributed by atoms with Crippen LogP contribution in [-0.2, 0) is 17.8 Å². The fourth-order valence-corrected chi connectivity index (χ4v) is 3.91. The van der Waals surface area contributed by atoms with Gasteiger partial charge in [0, 0.05) is 51.1 Å². The van der Waals surface area contributed by atoms with E-state index >= 15 is 0 Å². The minimum Gasteiger partial charge on any atom is -0.475 e. The molecule has 2 unspecified atom stereocenters. The highest BCUT2D eigenvalue weighted by molar-refractivity contribution is 14.0. The zero-order valence-electron chi connectivity index (χ0n) is 20.0. The summed E-state index contributed by atoms with van der Waals surface area (Å²) in [6, 6.07) is 15.6.